The average molecular weight is 348 g/mol. The summed E-state index contributed by atoms with van der Waals surface area (Å²) in [7, 11) is 1.58. The lowest BCUT2D eigenvalue weighted by molar-refractivity contribution is -0.125. The Morgan fingerprint density at radius 1 is 1.09 bits per heavy atom. The molecular weight excluding hydrogens is 336 g/mol. The van der Waals surface area contributed by atoms with Gasteiger partial charge in [0.15, 0.2) is 0 Å². The van der Waals surface area contributed by atoms with Gasteiger partial charge >= 0.3 is 4.87 Å². The number of imide groups is 1. The molecule has 0 spiro atoms. The number of hydrogen-bond acceptors (Lipinski definition) is 6. The van der Waals surface area contributed by atoms with Crippen molar-refractivity contribution in [2.24, 2.45) is 5.92 Å². The summed E-state index contributed by atoms with van der Waals surface area (Å²) in [4.78, 5) is 39.5. The molecule has 1 fully saturated rings. The maximum absolute atomic E-state index is 12.3. The molecule has 6 nitrogen and oxygen atoms in total. The molecule has 0 radical (unpaired) electrons. The van der Waals surface area contributed by atoms with Gasteiger partial charge in [0.25, 0.3) is 0 Å². The van der Waals surface area contributed by atoms with Crippen LogP contribution in [0.15, 0.2) is 34.1 Å². The molecule has 1 saturated heterocycles. The smallest absolute Gasteiger partial charge is 0.305 e. The molecule has 4 rings (SSSR count). The van der Waals surface area contributed by atoms with Crippen molar-refractivity contribution >= 4 is 34.9 Å². The number of nitrogens with one attached hydrogen (secondary N) is 2. The second kappa shape index (κ2) is 5.24. The molecule has 1 aromatic heterocycles. The van der Waals surface area contributed by atoms with Crippen LogP contribution >= 0.6 is 23.1 Å². The molecule has 1 aromatic carbocycles. The van der Waals surface area contributed by atoms with Gasteiger partial charge in [0.05, 0.1) is 18.1 Å². The Bertz CT molecular complexity index is 855. The van der Waals surface area contributed by atoms with Crippen LogP contribution in [0.2, 0.25) is 0 Å². The fraction of sp³-hybridized carbons (Fsp3) is 0.267. The summed E-state index contributed by atoms with van der Waals surface area (Å²) in [5.41, 5.74) is 0.891. The van der Waals surface area contributed by atoms with Gasteiger partial charge in [-0.25, -0.2) is 0 Å². The van der Waals surface area contributed by atoms with Crippen LogP contribution < -0.4 is 14.9 Å². The number of thiazole rings is 1. The zero-order chi connectivity index (χ0) is 16.1. The quantitative estimate of drug-likeness (QED) is 0.799. The molecule has 0 saturated carbocycles. The summed E-state index contributed by atoms with van der Waals surface area (Å²) < 4.78 is 5.16. The molecule has 23 heavy (non-hydrogen) atoms. The molecule has 8 heteroatoms. The van der Waals surface area contributed by atoms with E-state index in [9.17, 15) is 14.4 Å². The average Bonchev–Trinajstić information content (AvgIpc) is 3.05. The van der Waals surface area contributed by atoms with E-state index in [0.29, 0.717) is 10.8 Å². The molecule has 0 aliphatic carbocycles. The minimum absolute atomic E-state index is 0.172. The van der Waals surface area contributed by atoms with Gasteiger partial charge < -0.3 is 9.72 Å². The first kappa shape index (κ1) is 14.5. The van der Waals surface area contributed by atoms with E-state index in [1.165, 1.54) is 11.8 Å². The van der Waals surface area contributed by atoms with Crippen LogP contribution in [-0.4, -0.2) is 29.2 Å². The SMILES string of the molecule is COc1ccc([C@@H]2c3sc(=O)[nH]c3S[C@H]3C(=O)NC(=O)[C@H]23)cc1. The maximum atomic E-state index is 12.3. The van der Waals surface area contributed by atoms with E-state index < -0.39 is 11.2 Å². The summed E-state index contributed by atoms with van der Waals surface area (Å²) >= 11 is 2.36. The predicted molar refractivity (Wildman–Crippen MR) is 86.1 cm³/mol. The molecule has 0 bridgehead atoms. The Kier molecular flexibility index (Phi) is 3.31. The first-order chi connectivity index (χ1) is 11.1. The second-order valence-corrected chi connectivity index (χ2v) is 7.54. The van der Waals surface area contributed by atoms with E-state index in [4.69, 9.17) is 4.74 Å². The summed E-state index contributed by atoms with van der Waals surface area (Å²) in [6.45, 7) is 0. The molecule has 2 N–H and O–H groups in total. The number of rotatable bonds is 2. The highest BCUT2D eigenvalue weighted by molar-refractivity contribution is 8.00. The molecule has 2 aliphatic heterocycles. The van der Waals surface area contributed by atoms with E-state index in [1.54, 1.807) is 7.11 Å². The molecule has 3 heterocycles. The summed E-state index contributed by atoms with van der Waals surface area (Å²) in [6.07, 6.45) is 0. The van der Waals surface area contributed by atoms with Gasteiger partial charge in [0.2, 0.25) is 11.8 Å². The number of ether oxygens (including phenoxy) is 1. The van der Waals surface area contributed by atoms with Crippen LogP contribution in [-0.2, 0) is 9.59 Å². The van der Waals surface area contributed by atoms with E-state index >= 15 is 0 Å². The van der Waals surface area contributed by atoms with Crippen LogP contribution in [0.4, 0.5) is 0 Å². The number of methoxy groups -OCH3 is 1. The number of carbonyl (C=O) groups is 2. The van der Waals surface area contributed by atoms with Crippen molar-refractivity contribution in [1.82, 2.24) is 10.3 Å². The first-order valence-electron chi connectivity index (χ1n) is 6.97. The largest absolute Gasteiger partial charge is 0.497 e. The van der Waals surface area contributed by atoms with Crippen molar-refractivity contribution in [3.05, 3.63) is 44.4 Å². The number of hydrogen-bond donors (Lipinski definition) is 2. The normalized spacial score (nSPS) is 25.7. The zero-order valence-electron chi connectivity index (χ0n) is 12.0. The van der Waals surface area contributed by atoms with Gasteiger partial charge in [-0.05, 0) is 17.7 Å². The number of carbonyl (C=O) groups excluding carboxylic acids is 2. The lowest BCUT2D eigenvalue weighted by Gasteiger charge is -2.29. The van der Waals surface area contributed by atoms with Crippen LogP contribution in [0.5, 0.6) is 5.75 Å². The summed E-state index contributed by atoms with van der Waals surface area (Å²) in [5, 5.41) is 2.59. The molecule has 2 aliphatic rings. The lowest BCUT2D eigenvalue weighted by Crippen LogP contribution is -2.31. The summed E-state index contributed by atoms with van der Waals surface area (Å²) in [6, 6.07) is 7.38. The minimum atomic E-state index is -0.507. The third-order valence-corrected chi connectivity index (χ3v) is 6.55. The van der Waals surface area contributed by atoms with Crippen molar-refractivity contribution in [3.8, 4) is 5.75 Å². The first-order valence-corrected chi connectivity index (χ1v) is 8.66. The number of fused-ring (bicyclic) bond motifs is 2. The molecule has 3 atom stereocenters. The van der Waals surface area contributed by atoms with Gasteiger partial charge in [-0.2, -0.15) is 0 Å². The van der Waals surface area contributed by atoms with Crippen molar-refractivity contribution in [1.29, 1.82) is 0 Å². The summed E-state index contributed by atoms with van der Waals surface area (Å²) in [5.74, 6) is -0.664. The van der Waals surface area contributed by atoms with E-state index in [2.05, 4.69) is 10.3 Å². The number of thioether (sulfide) groups is 1. The highest BCUT2D eigenvalue weighted by atomic mass is 32.2. The van der Waals surface area contributed by atoms with Crippen LogP contribution in [0.3, 0.4) is 0 Å². The van der Waals surface area contributed by atoms with Gasteiger partial charge in [-0.1, -0.05) is 35.2 Å². The van der Waals surface area contributed by atoms with Crippen LogP contribution in [0.25, 0.3) is 0 Å². The Morgan fingerprint density at radius 2 is 1.83 bits per heavy atom. The van der Waals surface area contributed by atoms with Crippen molar-refractivity contribution in [3.63, 3.8) is 0 Å². The standard InChI is InChI=1S/C15H12N2O4S2/c1-21-7-4-2-6(3-5-7)8-9-10(13(19)16-12(9)18)22-14-11(8)23-15(20)17-14/h2-5,8-10H,1H3,(H,17,20)(H,16,18,19)/t8-,9+,10+/m0/s1. The van der Waals surface area contributed by atoms with Gasteiger partial charge in [-0.3, -0.25) is 19.7 Å². The Labute approximate surface area is 139 Å². The lowest BCUT2D eigenvalue weighted by atomic mass is 9.83. The van der Waals surface area contributed by atoms with E-state index in [0.717, 1.165) is 21.8 Å². The Balaban J connectivity index is 1.87. The van der Waals surface area contributed by atoms with Gasteiger partial charge in [0.1, 0.15) is 11.0 Å². The highest BCUT2D eigenvalue weighted by Crippen LogP contribution is 2.50. The van der Waals surface area contributed by atoms with Crippen LogP contribution in [0, 0.1) is 5.92 Å². The molecular formula is C15H12N2O4S2. The minimum Gasteiger partial charge on any atom is -0.497 e. The molecule has 0 unspecified atom stereocenters. The number of H-pyrrole nitrogens is 1. The molecule has 118 valence electrons. The number of amides is 2. The van der Waals surface area contributed by atoms with Crippen molar-refractivity contribution in [2.75, 3.05) is 7.11 Å². The Hall–Kier alpha value is -2.06. The van der Waals surface area contributed by atoms with E-state index in [-0.39, 0.29) is 22.6 Å². The van der Waals surface area contributed by atoms with Crippen molar-refractivity contribution in [2.45, 2.75) is 16.2 Å². The monoisotopic (exact) mass is 348 g/mol. The number of benzene rings is 1. The Morgan fingerprint density at radius 3 is 2.52 bits per heavy atom. The topological polar surface area (TPSA) is 88.3 Å². The molecule has 2 aromatic rings. The third-order valence-electron chi connectivity index (χ3n) is 4.14. The van der Waals surface area contributed by atoms with Gasteiger partial charge in [-0.15, -0.1) is 0 Å². The second-order valence-electron chi connectivity index (χ2n) is 5.38. The fourth-order valence-electron chi connectivity index (χ4n) is 3.11. The van der Waals surface area contributed by atoms with Crippen LogP contribution in [0.1, 0.15) is 16.4 Å². The highest BCUT2D eigenvalue weighted by Gasteiger charge is 2.52. The number of aromatic nitrogens is 1. The van der Waals surface area contributed by atoms with E-state index in [1.807, 2.05) is 24.3 Å². The number of aromatic amines is 1. The molecule has 2 amide bonds. The third kappa shape index (κ3) is 2.21. The van der Waals surface area contributed by atoms with Gasteiger partial charge in [0, 0.05) is 10.8 Å². The maximum Gasteiger partial charge on any atom is 0.305 e. The fourth-order valence-corrected chi connectivity index (χ4v) is 5.59. The predicted octanol–water partition coefficient (Wildman–Crippen LogP) is 1.32. The van der Waals surface area contributed by atoms with Crippen molar-refractivity contribution < 1.29 is 14.3 Å². The zero-order valence-corrected chi connectivity index (χ0v) is 13.6.